The number of hydrogen-bond donors (Lipinski definition) is 1. The summed E-state index contributed by atoms with van der Waals surface area (Å²) >= 11 is 2.08. The van der Waals surface area contributed by atoms with Crippen LogP contribution in [-0.4, -0.2) is 23.1 Å². The van der Waals surface area contributed by atoms with Gasteiger partial charge in [0.05, 0.1) is 0 Å². The molecule has 114 valence electrons. The summed E-state index contributed by atoms with van der Waals surface area (Å²) in [5.41, 5.74) is 1.46. The molecule has 0 amide bonds. The molecule has 1 rings (SSSR count). The van der Waals surface area contributed by atoms with Crippen molar-refractivity contribution in [2.75, 3.05) is 12.3 Å². The van der Waals surface area contributed by atoms with E-state index in [1.54, 1.807) is 0 Å². The zero-order valence-electron chi connectivity index (χ0n) is 13.6. The van der Waals surface area contributed by atoms with E-state index in [0.717, 1.165) is 6.54 Å². The fourth-order valence-corrected chi connectivity index (χ4v) is 3.13. The van der Waals surface area contributed by atoms with Crippen LogP contribution in [0.1, 0.15) is 52.5 Å². The molecule has 0 fully saturated rings. The molecule has 0 aliphatic rings. The van der Waals surface area contributed by atoms with Crippen LogP contribution in [-0.2, 0) is 6.42 Å². The molecule has 1 aromatic carbocycles. The monoisotopic (exact) mass is 293 g/mol. The number of nitrogens with one attached hydrogen (secondary N) is 1. The van der Waals surface area contributed by atoms with Crippen LogP contribution in [0.5, 0.6) is 0 Å². The van der Waals surface area contributed by atoms with Crippen LogP contribution in [0.4, 0.5) is 0 Å². The summed E-state index contributed by atoms with van der Waals surface area (Å²) in [6, 6.07) is 11.5. The van der Waals surface area contributed by atoms with E-state index in [9.17, 15) is 0 Å². The Bertz CT molecular complexity index is 342. The molecule has 0 aromatic heterocycles. The molecule has 0 aliphatic carbocycles. The average Bonchev–Trinajstić information content (AvgIpc) is 2.41. The minimum Gasteiger partial charge on any atom is -0.313 e. The highest BCUT2D eigenvalue weighted by molar-refractivity contribution is 8.00. The third-order valence-electron chi connectivity index (χ3n) is 3.26. The van der Waals surface area contributed by atoms with E-state index in [1.807, 2.05) is 0 Å². The average molecular weight is 294 g/mol. The van der Waals surface area contributed by atoms with Crippen molar-refractivity contribution in [2.45, 2.75) is 64.2 Å². The van der Waals surface area contributed by atoms with Crippen molar-refractivity contribution in [3.63, 3.8) is 0 Å². The minimum absolute atomic E-state index is 0.367. The highest BCUT2D eigenvalue weighted by Crippen LogP contribution is 2.24. The van der Waals surface area contributed by atoms with Gasteiger partial charge in [0.25, 0.3) is 0 Å². The van der Waals surface area contributed by atoms with Crippen LogP contribution in [0.2, 0.25) is 0 Å². The second kappa shape index (κ2) is 9.46. The van der Waals surface area contributed by atoms with E-state index in [-0.39, 0.29) is 0 Å². The van der Waals surface area contributed by atoms with Gasteiger partial charge in [0.15, 0.2) is 0 Å². The van der Waals surface area contributed by atoms with Crippen molar-refractivity contribution < 1.29 is 0 Å². The van der Waals surface area contributed by atoms with Gasteiger partial charge in [0.1, 0.15) is 0 Å². The number of aryl methyl sites for hydroxylation is 1. The first kappa shape index (κ1) is 17.6. The highest BCUT2D eigenvalue weighted by Gasteiger charge is 2.15. The van der Waals surface area contributed by atoms with Crippen molar-refractivity contribution in [1.82, 2.24) is 5.32 Å². The minimum atomic E-state index is 0.367. The first-order chi connectivity index (χ1) is 9.51. The van der Waals surface area contributed by atoms with E-state index >= 15 is 0 Å². The van der Waals surface area contributed by atoms with Crippen LogP contribution in [0, 0.1) is 0 Å². The predicted octanol–water partition coefficient (Wildman–Crippen LogP) is 4.91. The van der Waals surface area contributed by atoms with Crippen LogP contribution in [0.3, 0.4) is 0 Å². The van der Waals surface area contributed by atoms with Gasteiger partial charge < -0.3 is 5.32 Å². The second-order valence-electron chi connectivity index (χ2n) is 6.45. The van der Waals surface area contributed by atoms with Crippen LogP contribution >= 0.6 is 11.8 Å². The van der Waals surface area contributed by atoms with Crippen molar-refractivity contribution in [1.29, 1.82) is 0 Å². The third kappa shape index (κ3) is 8.65. The molecule has 0 aliphatic heterocycles. The molecule has 0 heterocycles. The summed E-state index contributed by atoms with van der Waals surface area (Å²) in [5.74, 6) is 1.22. The molecule has 0 radical (unpaired) electrons. The lowest BCUT2D eigenvalue weighted by Gasteiger charge is -2.24. The third-order valence-corrected chi connectivity index (χ3v) is 4.70. The number of thioether (sulfide) groups is 1. The quantitative estimate of drug-likeness (QED) is 0.694. The Morgan fingerprint density at radius 3 is 2.45 bits per heavy atom. The molecule has 1 atom stereocenters. The topological polar surface area (TPSA) is 12.0 Å². The van der Waals surface area contributed by atoms with E-state index in [4.69, 9.17) is 0 Å². The maximum absolute atomic E-state index is 3.71. The number of benzene rings is 1. The van der Waals surface area contributed by atoms with Crippen LogP contribution < -0.4 is 5.32 Å². The molecule has 1 N–H and O–H groups in total. The van der Waals surface area contributed by atoms with Gasteiger partial charge in [-0.15, -0.1) is 0 Å². The highest BCUT2D eigenvalue weighted by atomic mass is 32.2. The SMILES string of the molecule is CCCNC(CCCc1ccccc1)CSC(C)(C)C. The molecule has 20 heavy (non-hydrogen) atoms. The Hall–Kier alpha value is -0.470. The smallest absolute Gasteiger partial charge is 0.0158 e. The maximum atomic E-state index is 3.71. The normalized spacial score (nSPS) is 13.4. The lowest BCUT2D eigenvalue weighted by Crippen LogP contribution is -2.33. The zero-order chi connectivity index (χ0) is 14.8. The van der Waals surface area contributed by atoms with Crippen molar-refractivity contribution >= 4 is 11.8 Å². The van der Waals surface area contributed by atoms with Gasteiger partial charge in [0, 0.05) is 16.5 Å². The van der Waals surface area contributed by atoms with Crippen molar-refractivity contribution in [3.8, 4) is 0 Å². The van der Waals surface area contributed by atoms with Gasteiger partial charge in [-0.05, 0) is 37.8 Å². The van der Waals surface area contributed by atoms with E-state index < -0.39 is 0 Å². The standard InChI is InChI=1S/C18H31NS/c1-5-14-19-17(15-20-18(2,3)4)13-9-12-16-10-7-6-8-11-16/h6-8,10-11,17,19H,5,9,12-15H2,1-4H3. The van der Waals surface area contributed by atoms with Gasteiger partial charge in [-0.3, -0.25) is 0 Å². The number of hydrogen-bond acceptors (Lipinski definition) is 2. The summed E-state index contributed by atoms with van der Waals surface area (Å²) in [5, 5.41) is 3.71. The molecule has 0 saturated carbocycles. The molecule has 0 saturated heterocycles. The Labute approximate surface area is 129 Å². The summed E-state index contributed by atoms with van der Waals surface area (Å²) in [7, 11) is 0. The van der Waals surface area contributed by atoms with E-state index in [2.05, 4.69) is 75.1 Å². The Balaban J connectivity index is 2.32. The molecule has 0 bridgehead atoms. The largest absolute Gasteiger partial charge is 0.313 e. The lowest BCUT2D eigenvalue weighted by atomic mass is 10.1. The summed E-state index contributed by atoms with van der Waals surface area (Å²) in [6.07, 6.45) is 4.97. The molecular formula is C18H31NS. The zero-order valence-corrected chi connectivity index (χ0v) is 14.4. The summed E-state index contributed by atoms with van der Waals surface area (Å²) in [6.45, 7) is 10.3. The van der Waals surface area contributed by atoms with Gasteiger partial charge >= 0.3 is 0 Å². The fourth-order valence-electron chi connectivity index (χ4n) is 2.14. The molecule has 1 aromatic rings. The number of rotatable bonds is 9. The summed E-state index contributed by atoms with van der Waals surface area (Å²) in [4.78, 5) is 0. The van der Waals surface area contributed by atoms with Crippen molar-refractivity contribution in [3.05, 3.63) is 35.9 Å². The van der Waals surface area contributed by atoms with Gasteiger partial charge in [0.2, 0.25) is 0 Å². The summed E-state index contributed by atoms with van der Waals surface area (Å²) < 4.78 is 0.367. The Kier molecular flexibility index (Phi) is 8.32. The first-order valence-electron chi connectivity index (χ1n) is 7.92. The van der Waals surface area contributed by atoms with Gasteiger partial charge in [-0.25, -0.2) is 0 Å². The molecular weight excluding hydrogens is 262 g/mol. The molecule has 1 nitrogen and oxygen atoms in total. The van der Waals surface area contributed by atoms with E-state index in [0.29, 0.717) is 10.8 Å². The maximum Gasteiger partial charge on any atom is 0.0158 e. The van der Waals surface area contributed by atoms with Crippen LogP contribution in [0.15, 0.2) is 30.3 Å². The first-order valence-corrected chi connectivity index (χ1v) is 8.91. The van der Waals surface area contributed by atoms with Crippen molar-refractivity contribution in [2.24, 2.45) is 0 Å². The molecule has 0 spiro atoms. The van der Waals surface area contributed by atoms with Crippen LogP contribution in [0.25, 0.3) is 0 Å². The fraction of sp³-hybridized carbons (Fsp3) is 0.667. The Morgan fingerprint density at radius 2 is 1.85 bits per heavy atom. The molecule has 2 heteroatoms. The second-order valence-corrected chi connectivity index (χ2v) is 8.30. The van der Waals surface area contributed by atoms with Gasteiger partial charge in [-0.2, -0.15) is 11.8 Å². The molecule has 1 unspecified atom stereocenters. The Morgan fingerprint density at radius 1 is 1.15 bits per heavy atom. The predicted molar refractivity (Wildman–Crippen MR) is 93.7 cm³/mol. The lowest BCUT2D eigenvalue weighted by molar-refractivity contribution is 0.503. The van der Waals surface area contributed by atoms with E-state index in [1.165, 1.54) is 37.0 Å². The van der Waals surface area contributed by atoms with Gasteiger partial charge in [-0.1, -0.05) is 58.0 Å².